The van der Waals surface area contributed by atoms with Crippen LogP contribution in [0.1, 0.15) is 26.3 Å². The van der Waals surface area contributed by atoms with E-state index in [1.54, 1.807) is 0 Å². The Bertz CT molecular complexity index is 637. The fraction of sp³-hybridized carbons (Fsp3) is 0.500. The maximum absolute atomic E-state index is 5.84. The third-order valence-corrected chi connectivity index (χ3v) is 6.98. The first-order valence-electron chi connectivity index (χ1n) is 8.46. The van der Waals surface area contributed by atoms with E-state index in [1.165, 1.54) is 27.7 Å². The number of ether oxygens (including phenoxy) is 1. The molecule has 0 aliphatic carbocycles. The van der Waals surface area contributed by atoms with E-state index in [1.807, 2.05) is 0 Å². The lowest BCUT2D eigenvalue weighted by atomic mass is 9.82. The highest BCUT2D eigenvalue weighted by atomic mass is 28.3. The Balaban J connectivity index is 2.65. The number of allylic oxidation sites excluding steroid dienone is 1. The third-order valence-electron chi connectivity index (χ3n) is 4.87. The molecule has 0 saturated carbocycles. The largest absolute Gasteiger partial charge is 0.377 e. The molecule has 1 aliphatic rings. The highest BCUT2D eigenvalue weighted by molar-refractivity contribution is 6.83. The van der Waals surface area contributed by atoms with Gasteiger partial charge in [0.15, 0.2) is 0 Å². The van der Waals surface area contributed by atoms with Crippen LogP contribution in [0.15, 0.2) is 47.3 Å². The van der Waals surface area contributed by atoms with Crippen molar-refractivity contribution >= 4 is 13.8 Å². The van der Waals surface area contributed by atoms with Gasteiger partial charge < -0.3 is 9.64 Å². The van der Waals surface area contributed by atoms with Crippen LogP contribution in [0, 0.1) is 0 Å². The minimum atomic E-state index is -1.50. The molecule has 1 aliphatic heterocycles. The Morgan fingerprint density at radius 3 is 2.35 bits per heavy atom. The molecular formula is C20H31NOSi. The van der Waals surface area contributed by atoms with Crippen molar-refractivity contribution in [2.45, 2.75) is 45.8 Å². The second-order valence-electron chi connectivity index (χ2n) is 7.89. The first kappa shape index (κ1) is 18.0. The lowest BCUT2D eigenvalue weighted by Crippen LogP contribution is -2.32. The summed E-state index contributed by atoms with van der Waals surface area (Å²) >= 11 is 0. The van der Waals surface area contributed by atoms with E-state index >= 15 is 0 Å². The number of nitrogens with zero attached hydrogens (tertiary/aromatic N) is 1. The van der Waals surface area contributed by atoms with Crippen molar-refractivity contribution in [2.24, 2.45) is 0 Å². The highest BCUT2D eigenvalue weighted by Gasteiger charge is 2.41. The number of anilines is 1. The second kappa shape index (κ2) is 6.29. The van der Waals surface area contributed by atoms with Crippen molar-refractivity contribution in [2.75, 3.05) is 25.2 Å². The van der Waals surface area contributed by atoms with Gasteiger partial charge in [-0.3, -0.25) is 0 Å². The van der Waals surface area contributed by atoms with Crippen LogP contribution >= 0.6 is 0 Å². The van der Waals surface area contributed by atoms with Gasteiger partial charge in [-0.05, 0) is 24.1 Å². The molecule has 2 rings (SSSR count). The molecule has 0 N–H and O–H groups in total. The van der Waals surface area contributed by atoms with Crippen LogP contribution in [-0.2, 0) is 10.2 Å². The zero-order valence-electron chi connectivity index (χ0n) is 15.8. The van der Waals surface area contributed by atoms with E-state index in [0.29, 0.717) is 6.61 Å². The number of likely N-dealkylation sites (N-methyl/N-ethyl adjacent to an activating group) is 1. The van der Waals surface area contributed by atoms with E-state index in [-0.39, 0.29) is 5.41 Å². The van der Waals surface area contributed by atoms with E-state index in [4.69, 9.17) is 4.74 Å². The summed E-state index contributed by atoms with van der Waals surface area (Å²) in [6, 6.07) is 8.70. The first-order chi connectivity index (χ1) is 10.6. The summed E-state index contributed by atoms with van der Waals surface area (Å²) in [7, 11) is 0.677. The van der Waals surface area contributed by atoms with Crippen LogP contribution in [0.25, 0.3) is 0 Å². The molecule has 2 nitrogen and oxygen atoms in total. The standard InChI is InChI=1S/C20H31NOSi/c1-9-22-14-16(15(2)23(6,7)8)19-20(3,4)17-12-10-11-13-18(17)21(19)5/h10-13H,2,9,14H2,1,3-8H3/b19-16-. The second-order valence-corrected chi connectivity index (χ2v) is 13.0. The maximum Gasteiger partial charge on any atom is 0.0773 e. The molecule has 0 amide bonds. The lowest BCUT2D eigenvalue weighted by Gasteiger charge is -2.32. The van der Waals surface area contributed by atoms with Gasteiger partial charge in [-0.15, -0.1) is 0 Å². The zero-order chi connectivity index (χ0) is 17.4. The van der Waals surface area contributed by atoms with Gasteiger partial charge in [0.05, 0.1) is 14.7 Å². The smallest absolute Gasteiger partial charge is 0.0773 e. The Hall–Kier alpha value is -1.32. The average molecular weight is 330 g/mol. The van der Waals surface area contributed by atoms with Crippen molar-refractivity contribution in [1.29, 1.82) is 0 Å². The number of benzene rings is 1. The van der Waals surface area contributed by atoms with Gasteiger partial charge in [0.25, 0.3) is 0 Å². The Morgan fingerprint density at radius 2 is 1.83 bits per heavy atom. The van der Waals surface area contributed by atoms with Crippen LogP contribution in [0.4, 0.5) is 5.69 Å². The lowest BCUT2D eigenvalue weighted by molar-refractivity contribution is 0.171. The van der Waals surface area contributed by atoms with Gasteiger partial charge in [-0.25, -0.2) is 0 Å². The molecular weight excluding hydrogens is 298 g/mol. The minimum absolute atomic E-state index is 0.0274. The summed E-state index contributed by atoms with van der Waals surface area (Å²) in [5.74, 6) is 0. The van der Waals surface area contributed by atoms with Gasteiger partial charge >= 0.3 is 0 Å². The fourth-order valence-electron chi connectivity index (χ4n) is 3.50. The molecule has 0 spiro atoms. The normalized spacial score (nSPS) is 18.8. The van der Waals surface area contributed by atoms with Crippen molar-refractivity contribution < 1.29 is 4.74 Å². The van der Waals surface area contributed by atoms with E-state index < -0.39 is 8.07 Å². The molecule has 0 fully saturated rings. The number of fused-ring (bicyclic) bond motifs is 1. The van der Waals surface area contributed by atoms with E-state index in [2.05, 4.69) is 83.2 Å². The quantitative estimate of drug-likeness (QED) is 0.694. The first-order valence-corrected chi connectivity index (χ1v) is 12.0. The number of hydrogen-bond acceptors (Lipinski definition) is 2. The van der Waals surface area contributed by atoms with Gasteiger partial charge in [-0.2, -0.15) is 0 Å². The Labute approximate surface area is 142 Å². The predicted molar refractivity (Wildman–Crippen MR) is 104 cm³/mol. The van der Waals surface area contributed by atoms with Crippen molar-refractivity contribution in [3.05, 3.63) is 52.9 Å². The highest BCUT2D eigenvalue weighted by Crippen LogP contribution is 2.49. The number of hydrogen-bond donors (Lipinski definition) is 0. The molecule has 0 saturated heterocycles. The molecule has 3 heteroatoms. The topological polar surface area (TPSA) is 12.5 Å². The monoisotopic (exact) mass is 329 g/mol. The zero-order valence-corrected chi connectivity index (χ0v) is 16.8. The molecule has 126 valence electrons. The Morgan fingerprint density at radius 1 is 1.22 bits per heavy atom. The fourth-order valence-corrected chi connectivity index (χ4v) is 4.59. The van der Waals surface area contributed by atoms with E-state index in [9.17, 15) is 0 Å². The summed E-state index contributed by atoms with van der Waals surface area (Å²) in [5.41, 5.74) is 5.30. The van der Waals surface area contributed by atoms with E-state index in [0.717, 1.165) is 6.61 Å². The van der Waals surface area contributed by atoms with Crippen molar-refractivity contribution in [3.63, 3.8) is 0 Å². The molecule has 0 radical (unpaired) electrons. The number of rotatable bonds is 5. The van der Waals surface area contributed by atoms with Crippen molar-refractivity contribution in [1.82, 2.24) is 0 Å². The van der Waals surface area contributed by atoms with Crippen LogP contribution in [0.2, 0.25) is 19.6 Å². The molecule has 1 heterocycles. The molecule has 0 unspecified atom stereocenters. The van der Waals surface area contributed by atoms with Gasteiger partial charge in [0, 0.05) is 30.5 Å². The maximum atomic E-state index is 5.84. The summed E-state index contributed by atoms with van der Waals surface area (Å²) in [5, 5.41) is 1.30. The van der Waals surface area contributed by atoms with Crippen LogP contribution < -0.4 is 4.90 Å². The SMILES string of the molecule is C=C(/C(COCC)=C1\N(C)c2ccccc2C1(C)C)[Si](C)(C)C. The molecule has 1 aromatic rings. The molecule has 1 aromatic carbocycles. The average Bonchev–Trinajstić information content (AvgIpc) is 2.67. The summed E-state index contributed by atoms with van der Waals surface area (Å²) in [6.07, 6.45) is 0. The summed E-state index contributed by atoms with van der Waals surface area (Å²) in [4.78, 5) is 2.34. The van der Waals surface area contributed by atoms with Crippen LogP contribution in [0.3, 0.4) is 0 Å². The van der Waals surface area contributed by atoms with Crippen molar-refractivity contribution in [3.8, 4) is 0 Å². The minimum Gasteiger partial charge on any atom is -0.377 e. The third kappa shape index (κ3) is 3.17. The molecule has 0 aromatic heterocycles. The van der Waals surface area contributed by atoms with Crippen LogP contribution in [0.5, 0.6) is 0 Å². The van der Waals surface area contributed by atoms with Gasteiger partial charge in [0.1, 0.15) is 0 Å². The number of para-hydroxylation sites is 1. The summed E-state index contributed by atoms with van der Waals surface area (Å²) in [6.45, 7) is 19.6. The molecule has 0 atom stereocenters. The molecule has 23 heavy (non-hydrogen) atoms. The molecule has 0 bridgehead atoms. The summed E-state index contributed by atoms with van der Waals surface area (Å²) < 4.78 is 5.84. The predicted octanol–water partition coefficient (Wildman–Crippen LogP) is 5.14. The van der Waals surface area contributed by atoms with Crippen LogP contribution in [-0.4, -0.2) is 28.3 Å². The van der Waals surface area contributed by atoms with Gasteiger partial charge in [0.2, 0.25) is 0 Å². The Kier molecular flexibility index (Phi) is 4.93. The van der Waals surface area contributed by atoms with Gasteiger partial charge in [-0.1, -0.05) is 63.5 Å².